The van der Waals surface area contributed by atoms with E-state index in [9.17, 15) is 0 Å². The van der Waals surface area contributed by atoms with Crippen molar-refractivity contribution in [3.63, 3.8) is 0 Å². The fourth-order valence-electron chi connectivity index (χ4n) is 1.14. The van der Waals surface area contributed by atoms with E-state index in [0.29, 0.717) is 0 Å². The van der Waals surface area contributed by atoms with Gasteiger partial charge in [0, 0.05) is 14.3 Å². The molecule has 0 spiro atoms. The van der Waals surface area contributed by atoms with E-state index >= 15 is 0 Å². The van der Waals surface area contributed by atoms with E-state index in [0.717, 1.165) is 4.88 Å². The lowest BCUT2D eigenvalue weighted by Gasteiger charge is -2.04. The van der Waals surface area contributed by atoms with Gasteiger partial charge in [0.15, 0.2) is 0 Å². The Bertz CT molecular complexity index is 421. The molecule has 0 aliphatic rings. The molecule has 13 heavy (non-hydrogen) atoms. The van der Waals surface area contributed by atoms with Crippen LogP contribution in [-0.2, 0) is 0 Å². The second kappa shape index (κ2) is 3.48. The molecule has 0 fully saturated rings. The molecule has 2 heterocycles. The lowest BCUT2D eigenvalue weighted by atomic mass is 10.3. The average molecular weight is 208 g/mol. The van der Waals surface area contributed by atoms with Crippen LogP contribution in [0.25, 0.3) is 9.40 Å². The SMILES string of the molecule is C#CC(NN)c1cc2sccc2s1. The summed E-state index contributed by atoms with van der Waals surface area (Å²) in [6.45, 7) is 0. The summed E-state index contributed by atoms with van der Waals surface area (Å²) in [5, 5.41) is 2.08. The Labute approximate surface area is 84.3 Å². The van der Waals surface area contributed by atoms with Crippen LogP contribution < -0.4 is 11.3 Å². The van der Waals surface area contributed by atoms with Crippen molar-refractivity contribution in [2.24, 2.45) is 5.84 Å². The Kier molecular flexibility index (Phi) is 2.34. The first-order valence-corrected chi connectivity index (χ1v) is 5.44. The minimum atomic E-state index is -0.162. The molecule has 4 heteroatoms. The van der Waals surface area contributed by atoms with Crippen LogP contribution in [0.2, 0.25) is 0 Å². The molecule has 2 aromatic heterocycles. The van der Waals surface area contributed by atoms with Crippen LogP contribution in [0.1, 0.15) is 10.9 Å². The number of nitrogens with two attached hydrogens (primary N) is 1. The van der Waals surface area contributed by atoms with E-state index < -0.39 is 0 Å². The molecule has 0 bridgehead atoms. The van der Waals surface area contributed by atoms with Gasteiger partial charge >= 0.3 is 0 Å². The zero-order valence-electron chi connectivity index (χ0n) is 6.78. The van der Waals surface area contributed by atoms with Crippen molar-refractivity contribution in [1.29, 1.82) is 0 Å². The zero-order valence-corrected chi connectivity index (χ0v) is 8.41. The molecule has 2 nitrogen and oxygen atoms in total. The molecule has 0 aliphatic heterocycles. The molecule has 2 rings (SSSR count). The first-order chi connectivity index (χ1) is 6.35. The standard InChI is InChI=1S/C9H8N2S2/c1-2-6(11-10)8-5-9-7(13-8)3-4-12-9/h1,3-6,11H,10H2. The molecule has 0 radical (unpaired) electrons. The number of nitrogens with one attached hydrogen (secondary N) is 1. The summed E-state index contributed by atoms with van der Waals surface area (Å²) in [5.74, 6) is 7.92. The fraction of sp³-hybridized carbons (Fsp3) is 0.111. The van der Waals surface area contributed by atoms with Gasteiger partial charge in [0.25, 0.3) is 0 Å². The highest BCUT2D eigenvalue weighted by Gasteiger charge is 2.10. The van der Waals surface area contributed by atoms with Gasteiger partial charge in [0.05, 0.1) is 0 Å². The molecule has 66 valence electrons. The Morgan fingerprint density at radius 3 is 3.00 bits per heavy atom. The first-order valence-electron chi connectivity index (χ1n) is 3.74. The minimum Gasteiger partial charge on any atom is -0.270 e. The van der Waals surface area contributed by atoms with E-state index in [-0.39, 0.29) is 6.04 Å². The molecular formula is C9H8N2S2. The summed E-state index contributed by atoms with van der Waals surface area (Å²) in [6.07, 6.45) is 5.32. The van der Waals surface area contributed by atoms with Gasteiger partial charge in [-0.05, 0) is 17.5 Å². The lowest BCUT2D eigenvalue weighted by Crippen LogP contribution is -2.25. The zero-order chi connectivity index (χ0) is 9.26. The van der Waals surface area contributed by atoms with E-state index in [1.807, 2.05) is 0 Å². The van der Waals surface area contributed by atoms with E-state index in [1.165, 1.54) is 9.40 Å². The quantitative estimate of drug-likeness (QED) is 0.450. The summed E-state index contributed by atoms with van der Waals surface area (Å²) in [7, 11) is 0. The lowest BCUT2D eigenvalue weighted by molar-refractivity contribution is 0.684. The van der Waals surface area contributed by atoms with Crippen LogP contribution in [0.5, 0.6) is 0 Å². The monoisotopic (exact) mass is 208 g/mol. The summed E-state index contributed by atoms with van der Waals surface area (Å²) in [5.41, 5.74) is 2.60. The van der Waals surface area contributed by atoms with Crippen LogP contribution in [0.3, 0.4) is 0 Å². The van der Waals surface area contributed by atoms with Gasteiger partial charge in [-0.25, -0.2) is 5.43 Å². The fourth-order valence-corrected chi connectivity index (χ4v) is 3.28. The molecule has 0 saturated heterocycles. The molecule has 1 unspecified atom stereocenters. The van der Waals surface area contributed by atoms with E-state index in [4.69, 9.17) is 12.3 Å². The van der Waals surface area contributed by atoms with Crippen molar-refractivity contribution in [1.82, 2.24) is 5.43 Å². The van der Waals surface area contributed by atoms with Crippen molar-refractivity contribution < 1.29 is 0 Å². The molecular weight excluding hydrogens is 200 g/mol. The average Bonchev–Trinajstić information content (AvgIpc) is 2.65. The smallest absolute Gasteiger partial charge is 0.116 e. The highest BCUT2D eigenvalue weighted by atomic mass is 32.1. The van der Waals surface area contributed by atoms with Crippen LogP contribution in [0, 0.1) is 12.3 Å². The Morgan fingerprint density at radius 1 is 1.54 bits per heavy atom. The van der Waals surface area contributed by atoms with Crippen LogP contribution in [-0.4, -0.2) is 0 Å². The maximum Gasteiger partial charge on any atom is 0.116 e. The number of rotatable bonds is 2. The summed E-state index contributed by atoms with van der Waals surface area (Å²) in [6, 6.07) is 4.03. The maximum absolute atomic E-state index is 5.32. The van der Waals surface area contributed by atoms with Crippen LogP contribution in [0.4, 0.5) is 0 Å². The van der Waals surface area contributed by atoms with Gasteiger partial charge in [-0.1, -0.05) is 5.92 Å². The van der Waals surface area contributed by atoms with Crippen LogP contribution in [0.15, 0.2) is 17.5 Å². The van der Waals surface area contributed by atoms with Crippen molar-refractivity contribution in [3.05, 3.63) is 22.4 Å². The topological polar surface area (TPSA) is 38.0 Å². The second-order valence-corrected chi connectivity index (χ2v) is 4.63. The summed E-state index contributed by atoms with van der Waals surface area (Å²) < 4.78 is 2.55. The molecule has 3 N–H and O–H groups in total. The Hall–Kier alpha value is -0.860. The van der Waals surface area contributed by atoms with Gasteiger partial charge in [0.1, 0.15) is 6.04 Å². The molecule has 0 saturated carbocycles. The third kappa shape index (κ3) is 1.47. The number of hydrogen-bond donors (Lipinski definition) is 2. The largest absolute Gasteiger partial charge is 0.270 e. The number of hydrazine groups is 1. The Balaban J connectivity index is 2.45. The molecule has 0 amide bonds. The van der Waals surface area contributed by atoms with Gasteiger partial charge in [0.2, 0.25) is 0 Å². The normalized spacial score (nSPS) is 12.9. The van der Waals surface area contributed by atoms with Gasteiger partial charge < -0.3 is 0 Å². The van der Waals surface area contributed by atoms with E-state index in [2.05, 4.69) is 28.9 Å². The van der Waals surface area contributed by atoms with Gasteiger partial charge in [-0.2, -0.15) is 0 Å². The van der Waals surface area contributed by atoms with Crippen molar-refractivity contribution in [2.45, 2.75) is 6.04 Å². The highest BCUT2D eigenvalue weighted by Crippen LogP contribution is 2.32. The highest BCUT2D eigenvalue weighted by molar-refractivity contribution is 7.27. The predicted octanol–water partition coefficient (Wildman–Crippen LogP) is 2.10. The maximum atomic E-state index is 5.32. The van der Waals surface area contributed by atoms with E-state index in [1.54, 1.807) is 22.7 Å². The van der Waals surface area contributed by atoms with Crippen molar-refractivity contribution in [2.75, 3.05) is 0 Å². The first kappa shape index (κ1) is 8.73. The summed E-state index contributed by atoms with van der Waals surface area (Å²) >= 11 is 3.41. The minimum absolute atomic E-state index is 0.162. The van der Waals surface area contributed by atoms with Crippen molar-refractivity contribution in [3.8, 4) is 12.3 Å². The summed E-state index contributed by atoms with van der Waals surface area (Å²) in [4.78, 5) is 1.10. The van der Waals surface area contributed by atoms with Crippen molar-refractivity contribution >= 4 is 32.1 Å². The second-order valence-electron chi connectivity index (χ2n) is 2.56. The molecule has 0 aromatic carbocycles. The van der Waals surface area contributed by atoms with Gasteiger partial charge in [-0.3, -0.25) is 5.84 Å². The predicted molar refractivity (Wildman–Crippen MR) is 58.6 cm³/mol. The molecule has 0 aliphatic carbocycles. The number of terminal acetylenes is 1. The van der Waals surface area contributed by atoms with Crippen LogP contribution >= 0.6 is 22.7 Å². The Morgan fingerprint density at radius 2 is 2.38 bits per heavy atom. The number of thiophene rings is 2. The molecule has 2 aromatic rings. The third-order valence-corrected chi connectivity index (χ3v) is 3.93. The molecule has 1 atom stereocenters. The number of fused-ring (bicyclic) bond motifs is 1. The third-order valence-electron chi connectivity index (χ3n) is 1.78. The van der Waals surface area contributed by atoms with Gasteiger partial charge in [-0.15, -0.1) is 29.1 Å². The number of hydrogen-bond acceptors (Lipinski definition) is 4.